The summed E-state index contributed by atoms with van der Waals surface area (Å²) in [4.78, 5) is 26.7. The first-order valence-electron chi connectivity index (χ1n) is 9.29. The third kappa shape index (κ3) is 4.26. The molecule has 0 aliphatic carbocycles. The molecule has 3 rings (SSSR count). The molecule has 1 aliphatic heterocycles. The minimum absolute atomic E-state index is 0.0388. The van der Waals surface area contributed by atoms with Gasteiger partial charge >= 0.3 is 11.7 Å². The lowest BCUT2D eigenvalue weighted by molar-refractivity contribution is -0.383. The van der Waals surface area contributed by atoms with Crippen molar-refractivity contribution in [1.29, 1.82) is 0 Å². The molecule has 2 heterocycles. The zero-order valence-electron chi connectivity index (χ0n) is 15.4. The lowest BCUT2D eigenvalue weighted by atomic mass is 10.2. The van der Waals surface area contributed by atoms with Crippen LogP contribution >= 0.6 is 0 Å². The summed E-state index contributed by atoms with van der Waals surface area (Å²) in [7, 11) is 0. The normalized spacial score (nSPS) is 14.6. The number of anilines is 1. The van der Waals surface area contributed by atoms with Crippen LogP contribution in [0.3, 0.4) is 0 Å². The van der Waals surface area contributed by atoms with E-state index in [0.717, 1.165) is 18.5 Å². The van der Waals surface area contributed by atoms with Crippen LogP contribution in [-0.4, -0.2) is 58.9 Å². The van der Waals surface area contributed by atoms with Gasteiger partial charge in [0.05, 0.1) is 10.6 Å². The average molecular weight is 376 g/mol. The van der Waals surface area contributed by atoms with E-state index in [4.69, 9.17) is 4.63 Å². The second kappa shape index (κ2) is 8.65. The molecule has 0 spiro atoms. The van der Waals surface area contributed by atoms with E-state index in [1.165, 1.54) is 18.9 Å². The highest BCUT2D eigenvalue weighted by Gasteiger charge is 2.26. The number of nitrogens with one attached hydrogen (secondary N) is 1. The highest BCUT2D eigenvalue weighted by molar-refractivity contribution is 5.93. The zero-order valence-corrected chi connectivity index (χ0v) is 15.4. The molecule has 1 aliphatic rings. The molecule has 0 bridgehead atoms. The largest absolute Gasteiger partial charge is 0.366 e. The second-order valence-electron chi connectivity index (χ2n) is 6.59. The van der Waals surface area contributed by atoms with Crippen LogP contribution in [0.15, 0.2) is 16.8 Å². The van der Waals surface area contributed by atoms with Gasteiger partial charge in [0.1, 0.15) is 0 Å². The van der Waals surface area contributed by atoms with Gasteiger partial charge in [-0.25, -0.2) is 9.42 Å². The molecule has 1 saturated heterocycles. The monoisotopic (exact) mass is 376 g/mol. The van der Waals surface area contributed by atoms with E-state index in [2.05, 4.69) is 22.6 Å². The summed E-state index contributed by atoms with van der Waals surface area (Å²) in [5, 5.41) is 21.6. The van der Waals surface area contributed by atoms with E-state index >= 15 is 0 Å². The maximum Gasteiger partial charge on any atom is 0.317 e. The predicted octanol–water partition coefficient (Wildman–Crippen LogP) is 2.54. The summed E-state index contributed by atoms with van der Waals surface area (Å²) in [5.74, 6) is 0. The van der Waals surface area contributed by atoms with E-state index in [9.17, 15) is 14.9 Å². The molecule has 0 atom stereocenters. The lowest BCUT2D eigenvalue weighted by Crippen LogP contribution is -2.52. The van der Waals surface area contributed by atoms with E-state index in [1.807, 2.05) is 4.90 Å². The SMILES string of the molecule is CCCCCCNC(=O)N1CCN(c2ccc([N+](=O)[O-])c3nonc23)CC1. The molecule has 27 heavy (non-hydrogen) atoms. The Bertz CT molecular complexity index is 800. The number of non-ortho nitro benzene ring substituents is 1. The molecular formula is C17H24N6O4. The third-order valence-corrected chi connectivity index (χ3v) is 4.78. The van der Waals surface area contributed by atoms with Crippen LogP contribution in [0.25, 0.3) is 11.0 Å². The number of nitro benzene ring substituents is 1. The second-order valence-corrected chi connectivity index (χ2v) is 6.59. The number of fused-ring (bicyclic) bond motifs is 1. The Kier molecular flexibility index (Phi) is 6.05. The van der Waals surface area contributed by atoms with E-state index < -0.39 is 4.92 Å². The fraction of sp³-hybridized carbons (Fsp3) is 0.588. The highest BCUT2D eigenvalue weighted by atomic mass is 16.6. The van der Waals surface area contributed by atoms with Gasteiger partial charge in [0, 0.05) is 38.8 Å². The summed E-state index contributed by atoms with van der Waals surface area (Å²) in [5.41, 5.74) is 1.12. The number of rotatable bonds is 7. The molecule has 10 heteroatoms. The molecule has 0 radical (unpaired) electrons. The van der Waals surface area contributed by atoms with Crippen LogP contribution in [0.1, 0.15) is 32.6 Å². The van der Waals surface area contributed by atoms with Gasteiger partial charge in [0.15, 0.2) is 5.52 Å². The standard InChI is InChI=1S/C17H24N6O4/c1-2-3-4-5-8-18-17(24)22-11-9-21(10-12-22)13-6-7-14(23(25)26)16-15(13)19-27-20-16/h6-7H,2-5,8-12H2,1H3,(H,18,24). The predicted molar refractivity (Wildman–Crippen MR) is 99.8 cm³/mol. The van der Waals surface area contributed by atoms with Crippen molar-refractivity contribution < 1.29 is 14.3 Å². The van der Waals surface area contributed by atoms with Gasteiger partial charge in [-0.2, -0.15) is 0 Å². The zero-order chi connectivity index (χ0) is 19.2. The topological polar surface area (TPSA) is 118 Å². The smallest absolute Gasteiger partial charge is 0.317 e. The van der Waals surface area contributed by atoms with Crippen LogP contribution in [0.4, 0.5) is 16.2 Å². The van der Waals surface area contributed by atoms with Crippen molar-refractivity contribution in [1.82, 2.24) is 20.5 Å². The van der Waals surface area contributed by atoms with E-state index in [0.29, 0.717) is 38.2 Å². The van der Waals surface area contributed by atoms with Gasteiger partial charge in [-0.15, -0.1) is 0 Å². The average Bonchev–Trinajstić information content (AvgIpc) is 3.16. The number of hydrogen-bond acceptors (Lipinski definition) is 7. The number of nitrogens with zero attached hydrogens (tertiary/aromatic N) is 5. The van der Waals surface area contributed by atoms with Crippen molar-refractivity contribution in [2.24, 2.45) is 0 Å². The number of carbonyl (C=O) groups excluding carboxylic acids is 1. The first-order chi connectivity index (χ1) is 13.1. The highest BCUT2D eigenvalue weighted by Crippen LogP contribution is 2.31. The van der Waals surface area contributed by atoms with Gasteiger partial charge in [0.2, 0.25) is 5.52 Å². The Balaban J connectivity index is 1.57. The van der Waals surface area contributed by atoms with Crippen molar-refractivity contribution in [3.8, 4) is 0 Å². The first kappa shape index (κ1) is 18.9. The minimum Gasteiger partial charge on any atom is -0.366 e. The number of urea groups is 1. The molecule has 1 fully saturated rings. The summed E-state index contributed by atoms with van der Waals surface area (Å²) in [6.07, 6.45) is 4.49. The maximum absolute atomic E-state index is 12.2. The molecule has 1 aromatic carbocycles. The quantitative estimate of drug-likeness (QED) is 0.448. The summed E-state index contributed by atoms with van der Waals surface area (Å²) in [6, 6.07) is 3.04. The molecule has 0 unspecified atom stereocenters. The third-order valence-electron chi connectivity index (χ3n) is 4.78. The van der Waals surface area contributed by atoms with Crippen molar-refractivity contribution in [3.05, 3.63) is 22.2 Å². The fourth-order valence-corrected chi connectivity index (χ4v) is 3.25. The number of amides is 2. The molecule has 146 valence electrons. The molecule has 1 aromatic heterocycles. The molecular weight excluding hydrogens is 352 g/mol. The number of hydrogen-bond donors (Lipinski definition) is 1. The number of aromatic nitrogens is 2. The molecule has 0 saturated carbocycles. The number of benzene rings is 1. The van der Waals surface area contributed by atoms with Crippen LogP contribution in [-0.2, 0) is 0 Å². The summed E-state index contributed by atoms with van der Waals surface area (Å²) in [6.45, 7) is 5.24. The summed E-state index contributed by atoms with van der Waals surface area (Å²) < 4.78 is 4.71. The number of piperazine rings is 1. The van der Waals surface area contributed by atoms with Crippen molar-refractivity contribution in [2.45, 2.75) is 32.6 Å². The number of nitro groups is 1. The van der Waals surface area contributed by atoms with Crippen molar-refractivity contribution >= 4 is 28.4 Å². The minimum atomic E-state index is -0.501. The lowest BCUT2D eigenvalue weighted by Gasteiger charge is -2.35. The van der Waals surface area contributed by atoms with E-state index in [1.54, 1.807) is 11.0 Å². The van der Waals surface area contributed by atoms with Crippen molar-refractivity contribution in [2.75, 3.05) is 37.6 Å². The van der Waals surface area contributed by atoms with Crippen LogP contribution < -0.4 is 10.2 Å². The van der Waals surface area contributed by atoms with Gasteiger partial charge in [-0.3, -0.25) is 10.1 Å². The Morgan fingerprint density at radius 2 is 1.93 bits per heavy atom. The maximum atomic E-state index is 12.2. The molecule has 1 N–H and O–H groups in total. The number of carbonyl (C=O) groups is 1. The van der Waals surface area contributed by atoms with Gasteiger partial charge in [-0.1, -0.05) is 26.2 Å². The fourth-order valence-electron chi connectivity index (χ4n) is 3.25. The Labute approximate surface area is 156 Å². The van der Waals surface area contributed by atoms with Crippen LogP contribution in [0.5, 0.6) is 0 Å². The molecule has 10 nitrogen and oxygen atoms in total. The Morgan fingerprint density at radius 1 is 1.19 bits per heavy atom. The van der Waals surface area contributed by atoms with Gasteiger partial charge < -0.3 is 15.1 Å². The van der Waals surface area contributed by atoms with Crippen molar-refractivity contribution in [3.63, 3.8) is 0 Å². The molecule has 2 amide bonds. The van der Waals surface area contributed by atoms with Crippen LogP contribution in [0.2, 0.25) is 0 Å². The van der Waals surface area contributed by atoms with Gasteiger partial charge in [0.25, 0.3) is 0 Å². The first-order valence-corrected chi connectivity index (χ1v) is 9.29. The number of unbranched alkanes of at least 4 members (excludes halogenated alkanes) is 3. The Hall–Kier alpha value is -2.91. The Morgan fingerprint density at radius 3 is 2.63 bits per heavy atom. The summed E-state index contributed by atoms with van der Waals surface area (Å²) >= 11 is 0. The van der Waals surface area contributed by atoms with E-state index in [-0.39, 0.29) is 17.2 Å². The van der Waals surface area contributed by atoms with Crippen LogP contribution in [0, 0.1) is 10.1 Å². The molecule has 2 aromatic rings. The van der Waals surface area contributed by atoms with Gasteiger partial charge in [-0.05, 0) is 22.8 Å².